The van der Waals surface area contributed by atoms with E-state index in [1.807, 2.05) is 4.68 Å². The molecule has 23 heavy (non-hydrogen) atoms. The van der Waals surface area contributed by atoms with E-state index in [0.29, 0.717) is 0 Å². The first kappa shape index (κ1) is 16.5. The van der Waals surface area contributed by atoms with Crippen molar-refractivity contribution in [2.75, 3.05) is 26.2 Å². The Balaban J connectivity index is 1.52. The third-order valence-electron chi connectivity index (χ3n) is 4.04. The summed E-state index contributed by atoms with van der Waals surface area (Å²) in [6.07, 6.45) is 4.53. The van der Waals surface area contributed by atoms with Gasteiger partial charge >= 0.3 is 0 Å². The molecule has 0 N–H and O–H groups in total. The monoisotopic (exact) mass is 335 g/mol. The van der Waals surface area contributed by atoms with E-state index in [1.54, 1.807) is 24.0 Å². The number of ether oxygens (including phenoxy) is 1. The average molecular weight is 335 g/mol. The van der Waals surface area contributed by atoms with Gasteiger partial charge in [0, 0.05) is 37.0 Å². The fourth-order valence-corrected chi connectivity index (χ4v) is 3.72. The van der Waals surface area contributed by atoms with E-state index < -0.39 is 0 Å². The molecule has 7 heteroatoms. The number of hydrogen-bond donors (Lipinski definition) is 0. The van der Waals surface area contributed by atoms with Crippen molar-refractivity contribution in [3.8, 4) is 0 Å². The zero-order valence-corrected chi connectivity index (χ0v) is 14.9. The molecule has 0 amide bonds. The molecule has 3 rings (SSSR count). The number of morpholine rings is 1. The Labute approximate surface area is 141 Å². The van der Waals surface area contributed by atoms with E-state index in [4.69, 9.17) is 9.72 Å². The molecule has 0 radical (unpaired) electrons. The molecule has 2 aromatic heterocycles. The number of aromatic nitrogens is 4. The first-order valence-corrected chi connectivity index (χ1v) is 9.02. The van der Waals surface area contributed by atoms with Gasteiger partial charge in [0.05, 0.1) is 12.3 Å². The Morgan fingerprint density at radius 2 is 2.22 bits per heavy atom. The second-order valence-electron chi connectivity index (χ2n) is 6.99. The highest BCUT2D eigenvalue weighted by Crippen LogP contribution is 2.30. The minimum absolute atomic E-state index is 0.0981. The first-order valence-electron chi connectivity index (χ1n) is 8.14. The molecule has 0 aromatic carbocycles. The van der Waals surface area contributed by atoms with Gasteiger partial charge in [-0.1, -0.05) is 20.8 Å². The van der Waals surface area contributed by atoms with Gasteiger partial charge in [-0.15, -0.1) is 11.3 Å². The summed E-state index contributed by atoms with van der Waals surface area (Å²) in [6.45, 7) is 11.3. The molecular formula is C16H25N5OS. The van der Waals surface area contributed by atoms with E-state index >= 15 is 0 Å². The summed E-state index contributed by atoms with van der Waals surface area (Å²) >= 11 is 1.72. The standard InChI is InChI=1S/C16H25N5OS/c1-16(2,3)14-10-23-15(19-14)13-9-20(7-8-22-13)5-4-6-21-12-17-11-18-21/h10-13H,4-9H2,1-3H3/t13-/m0/s1. The largest absolute Gasteiger partial charge is 0.368 e. The SMILES string of the molecule is CC(C)(C)c1csc([C@@H]2CN(CCCn3cncn3)CCO2)n1. The highest BCUT2D eigenvalue weighted by Gasteiger charge is 2.26. The van der Waals surface area contributed by atoms with Crippen LogP contribution in [0.3, 0.4) is 0 Å². The van der Waals surface area contributed by atoms with E-state index in [0.717, 1.165) is 49.9 Å². The third kappa shape index (κ3) is 4.37. The van der Waals surface area contributed by atoms with Crippen LogP contribution in [0.25, 0.3) is 0 Å². The molecule has 126 valence electrons. The fraction of sp³-hybridized carbons (Fsp3) is 0.688. The minimum atomic E-state index is 0.0981. The van der Waals surface area contributed by atoms with Crippen LogP contribution in [0.1, 0.15) is 44.0 Å². The van der Waals surface area contributed by atoms with Gasteiger partial charge in [0.25, 0.3) is 0 Å². The fourth-order valence-electron chi connectivity index (χ4n) is 2.64. The van der Waals surface area contributed by atoms with Gasteiger partial charge in [-0.3, -0.25) is 9.58 Å². The molecule has 0 aliphatic carbocycles. The number of thiazole rings is 1. The molecule has 3 heterocycles. The Hall–Kier alpha value is -1.31. The quantitative estimate of drug-likeness (QED) is 0.840. The van der Waals surface area contributed by atoms with Gasteiger partial charge in [-0.2, -0.15) is 5.10 Å². The lowest BCUT2D eigenvalue weighted by atomic mass is 9.93. The van der Waals surface area contributed by atoms with E-state index in [1.165, 1.54) is 0 Å². The number of rotatable bonds is 5. The van der Waals surface area contributed by atoms with Crippen LogP contribution in [0.15, 0.2) is 18.0 Å². The maximum atomic E-state index is 5.95. The molecule has 0 saturated carbocycles. The van der Waals surface area contributed by atoms with Crippen molar-refractivity contribution in [2.24, 2.45) is 0 Å². The van der Waals surface area contributed by atoms with E-state index in [9.17, 15) is 0 Å². The van der Waals surface area contributed by atoms with Crippen LogP contribution < -0.4 is 0 Å². The van der Waals surface area contributed by atoms with Crippen LogP contribution >= 0.6 is 11.3 Å². The second-order valence-corrected chi connectivity index (χ2v) is 7.88. The highest BCUT2D eigenvalue weighted by molar-refractivity contribution is 7.09. The van der Waals surface area contributed by atoms with Crippen molar-refractivity contribution < 1.29 is 4.74 Å². The molecule has 2 aromatic rings. The first-order chi connectivity index (χ1) is 11.0. The van der Waals surface area contributed by atoms with Crippen molar-refractivity contribution in [3.63, 3.8) is 0 Å². The molecule has 1 aliphatic heterocycles. The van der Waals surface area contributed by atoms with Crippen molar-refractivity contribution in [2.45, 2.75) is 45.3 Å². The van der Waals surface area contributed by atoms with Gasteiger partial charge in [-0.05, 0) is 6.42 Å². The Morgan fingerprint density at radius 1 is 1.35 bits per heavy atom. The molecule has 0 spiro atoms. The molecule has 0 bridgehead atoms. The van der Waals surface area contributed by atoms with Crippen LogP contribution in [0.2, 0.25) is 0 Å². The summed E-state index contributed by atoms with van der Waals surface area (Å²) in [4.78, 5) is 11.2. The van der Waals surface area contributed by atoms with E-state index in [2.05, 4.69) is 41.1 Å². The van der Waals surface area contributed by atoms with Crippen LogP contribution in [0.5, 0.6) is 0 Å². The lowest BCUT2D eigenvalue weighted by molar-refractivity contribution is -0.0307. The lowest BCUT2D eigenvalue weighted by Gasteiger charge is -2.32. The molecule has 1 saturated heterocycles. The maximum Gasteiger partial charge on any atom is 0.137 e. The minimum Gasteiger partial charge on any atom is -0.368 e. The molecule has 1 aliphatic rings. The van der Waals surface area contributed by atoms with Crippen molar-refractivity contribution in [1.82, 2.24) is 24.6 Å². The zero-order chi connectivity index (χ0) is 16.3. The van der Waals surface area contributed by atoms with Crippen molar-refractivity contribution >= 4 is 11.3 Å². The van der Waals surface area contributed by atoms with Gasteiger partial charge in [0.15, 0.2) is 0 Å². The van der Waals surface area contributed by atoms with Gasteiger partial charge in [0.2, 0.25) is 0 Å². The maximum absolute atomic E-state index is 5.95. The summed E-state index contributed by atoms with van der Waals surface area (Å²) in [7, 11) is 0. The van der Waals surface area contributed by atoms with Crippen molar-refractivity contribution in [3.05, 3.63) is 28.7 Å². The molecule has 6 nitrogen and oxygen atoms in total. The third-order valence-corrected chi connectivity index (χ3v) is 4.98. The number of hydrogen-bond acceptors (Lipinski definition) is 6. The summed E-state index contributed by atoms with van der Waals surface area (Å²) in [6, 6.07) is 0. The lowest BCUT2D eigenvalue weighted by Crippen LogP contribution is -2.39. The number of nitrogens with zero attached hydrogens (tertiary/aromatic N) is 5. The van der Waals surface area contributed by atoms with Gasteiger partial charge in [-0.25, -0.2) is 9.97 Å². The van der Waals surface area contributed by atoms with E-state index in [-0.39, 0.29) is 11.5 Å². The van der Waals surface area contributed by atoms with Crippen LogP contribution in [-0.2, 0) is 16.7 Å². The Morgan fingerprint density at radius 3 is 2.91 bits per heavy atom. The highest BCUT2D eigenvalue weighted by atomic mass is 32.1. The molecule has 1 fully saturated rings. The van der Waals surface area contributed by atoms with Crippen molar-refractivity contribution in [1.29, 1.82) is 0 Å². The normalized spacial score (nSPS) is 20.0. The second kappa shape index (κ2) is 7.07. The smallest absolute Gasteiger partial charge is 0.137 e. The van der Waals surface area contributed by atoms with Crippen LogP contribution in [0.4, 0.5) is 0 Å². The summed E-state index contributed by atoms with van der Waals surface area (Å²) in [5.74, 6) is 0. The summed E-state index contributed by atoms with van der Waals surface area (Å²) in [5, 5.41) is 7.42. The Bertz CT molecular complexity index is 604. The van der Waals surface area contributed by atoms with Crippen LogP contribution in [-0.4, -0.2) is 50.9 Å². The number of aryl methyl sites for hydroxylation is 1. The Kier molecular flexibility index (Phi) is 5.08. The average Bonchev–Trinajstić information content (AvgIpc) is 3.18. The predicted octanol–water partition coefficient (Wildman–Crippen LogP) is 2.50. The molecule has 0 unspecified atom stereocenters. The zero-order valence-electron chi connectivity index (χ0n) is 14.1. The molecular weight excluding hydrogens is 310 g/mol. The predicted molar refractivity (Wildman–Crippen MR) is 90.6 cm³/mol. The summed E-state index contributed by atoms with van der Waals surface area (Å²) < 4.78 is 7.83. The van der Waals surface area contributed by atoms with Gasteiger partial charge < -0.3 is 4.74 Å². The van der Waals surface area contributed by atoms with Crippen LogP contribution in [0, 0.1) is 0 Å². The molecule has 1 atom stereocenters. The van der Waals surface area contributed by atoms with Gasteiger partial charge in [0.1, 0.15) is 23.8 Å². The topological polar surface area (TPSA) is 56.1 Å². The summed E-state index contributed by atoms with van der Waals surface area (Å²) in [5.41, 5.74) is 1.25.